The van der Waals surface area contributed by atoms with Gasteiger partial charge in [-0.2, -0.15) is 5.26 Å². The fourth-order valence-electron chi connectivity index (χ4n) is 3.02. The summed E-state index contributed by atoms with van der Waals surface area (Å²) in [6, 6.07) is 22.0. The van der Waals surface area contributed by atoms with E-state index in [4.69, 9.17) is 9.47 Å². The summed E-state index contributed by atoms with van der Waals surface area (Å²) in [6.07, 6.45) is 0. The van der Waals surface area contributed by atoms with Crippen LogP contribution in [0.3, 0.4) is 0 Å². The highest BCUT2D eigenvalue weighted by Crippen LogP contribution is 2.30. The minimum absolute atomic E-state index is 0.0910. The van der Waals surface area contributed by atoms with Gasteiger partial charge in [0.15, 0.2) is 5.57 Å². The van der Waals surface area contributed by atoms with E-state index < -0.39 is 0 Å². The van der Waals surface area contributed by atoms with Crippen molar-refractivity contribution in [2.75, 3.05) is 24.7 Å². The third-order valence-corrected chi connectivity index (χ3v) is 4.24. The van der Waals surface area contributed by atoms with E-state index in [2.05, 4.69) is 11.1 Å². The summed E-state index contributed by atoms with van der Waals surface area (Å²) < 4.78 is 11.5. The SMILES string of the molecule is N#C/C(C1=N[C@@H](c2ccccc2)CO1)=C1\OCCN1c1ccccc1. The van der Waals surface area contributed by atoms with Crippen LogP contribution in [0, 0.1) is 11.3 Å². The minimum atomic E-state index is -0.0910. The average Bonchev–Trinajstić information content (AvgIpc) is 3.34. The first-order chi connectivity index (χ1) is 12.4. The first kappa shape index (κ1) is 15.3. The van der Waals surface area contributed by atoms with Gasteiger partial charge in [0.2, 0.25) is 11.8 Å². The summed E-state index contributed by atoms with van der Waals surface area (Å²) in [4.78, 5) is 6.60. The summed E-state index contributed by atoms with van der Waals surface area (Å²) in [7, 11) is 0. The molecular weight excluding hydrogens is 314 g/mol. The zero-order chi connectivity index (χ0) is 17.1. The van der Waals surface area contributed by atoms with Crippen LogP contribution in [-0.2, 0) is 9.47 Å². The van der Waals surface area contributed by atoms with E-state index in [9.17, 15) is 5.26 Å². The molecule has 0 spiro atoms. The van der Waals surface area contributed by atoms with E-state index in [1.54, 1.807) is 0 Å². The number of para-hydroxylation sites is 1. The third kappa shape index (κ3) is 2.94. The number of nitrogens with zero attached hydrogens (tertiary/aromatic N) is 3. The Morgan fingerprint density at radius 2 is 1.76 bits per heavy atom. The predicted molar refractivity (Wildman–Crippen MR) is 94.9 cm³/mol. The number of aliphatic imine (C=N–C) groups is 1. The van der Waals surface area contributed by atoms with Crippen LogP contribution in [0.25, 0.3) is 0 Å². The molecule has 1 saturated heterocycles. The molecule has 2 heterocycles. The third-order valence-electron chi connectivity index (χ3n) is 4.24. The van der Waals surface area contributed by atoms with E-state index >= 15 is 0 Å². The van der Waals surface area contributed by atoms with Crippen molar-refractivity contribution in [1.29, 1.82) is 5.26 Å². The smallest absolute Gasteiger partial charge is 0.233 e. The topological polar surface area (TPSA) is 57.9 Å². The zero-order valence-electron chi connectivity index (χ0n) is 13.6. The molecule has 0 amide bonds. The summed E-state index contributed by atoms with van der Waals surface area (Å²) in [6.45, 7) is 1.66. The number of hydrogen-bond donors (Lipinski definition) is 0. The number of rotatable bonds is 3. The Hall–Kier alpha value is -3.26. The van der Waals surface area contributed by atoms with Crippen molar-refractivity contribution in [1.82, 2.24) is 0 Å². The van der Waals surface area contributed by atoms with Crippen molar-refractivity contribution in [3.05, 3.63) is 77.7 Å². The molecule has 5 heteroatoms. The van der Waals surface area contributed by atoms with E-state index in [0.717, 1.165) is 11.3 Å². The molecule has 0 aliphatic carbocycles. The van der Waals surface area contributed by atoms with Gasteiger partial charge in [-0.25, -0.2) is 4.99 Å². The molecule has 0 N–H and O–H groups in total. The van der Waals surface area contributed by atoms with E-state index in [-0.39, 0.29) is 6.04 Å². The number of anilines is 1. The quantitative estimate of drug-likeness (QED) is 0.809. The van der Waals surface area contributed by atoms with Crippen molar-refractivity contribution >= 4 is 11.6 Å². The molecule has 5 nitrogen and oxygen atoms in total. The summed E-state index contributed by atoms with van der Waals surface area (Å²) in [5, 5.41) is 9.69. The molecule has 124 valence electrons. The average molecular weight is 331 g/mol. The minimum Gasteiger partial charge on any atom is -0.476 e. The molecule has 0 unspecified atom stereocenters. The summed E-state index contributed by atoms with van der Waals surface area (Å²) in [5.41, 5.74) is 2.41. The second-order valence-corrected chi connectivity index (χ2v) is 5.80. The highest BCUT2D eigenvalue weighted by atomic mass is 16.5. The Morgan fingerprint density at radius 3 is 2.48 bits per heavy atom. The second-order valence-electron chi connectivity index (χ2n) is 5.80. The highest BCUT2D eigenvalue weighted by molar-refractivity contribution is 5.99. The van der Waals surface area contributed by atoms with Crippen LogP contribution in [0.5, 0.6) is 0 Å². The predicted octanol–water partition coefficient (Wildman–Crippen LogP) is 3.43. The maximum Gasteiger partial charge on any atom is 0.233 e. The molecule has 0 radical (unpaired) electrons. The van der Waals surface area contributed by atoms with E-state index in [1.165, 1.54) is 0 Å². The van der Waals surface area contributed by atoms with Gasteiger partial charge in [-0.05, 0) is 17.7 Å². The van der Waals surface area contributed by atoms with Gasteiger partial charge in [0.25, 0.3) is 0 Å². The van der Waals surface area contributed by atoms with Crippen molar-refractivity contribution in [2.24, 2.45) is 4.99 Å². The molecule has 1 fully saturated rings. The molecule has 1 atom stereocenters. The van der Waals surface area contributed by atoms with Gasteiger partial charge in [-0.1, -0.05) is 48.5 Å². The van der Waals surface area contributed by atoms with Crippen molar-refractivity contribution in [3.63, 3.8) is 0 Å². The normalized spacial score (nSPS) is 21.2. The largest absolute Gasteiger partial charge is 0.476 e. The van der Waals surface area contributed by atoms with Crippen LogP contribution in [0.1, 0.15) is 11.6 Å². The maximum atomic E-state index is 9.69. The standard InChI is InChI=1S/C20H17N3O2/c21-13-17(19-22-18(14-25-19)15-7-3-1-4-8-15)20-23(11-12-24-20)16-9-5-2-6-10-16/h1-10,18H,11-12,14H2/b20-17+/t18-/m1/s1. The second kappa shape index (κ2) is 6.70. The van der Waals surface area contributed by atoms with Gasteiger partial charge in [0.1, 0.15) is 25.3 Å². The molecule has 0 aromatic heterocycles. The zero-order valence-corrected chi connectivity index (χ0v) is 13.6. The molecule has 0 saturated carbocycles. The molecular formula is C20H17N3O2. The van der Waals surface area contributed by atoms with E-state index in [0.29, 0.717) is 37.1 Å². The number of benzene rings is 2. The van der Waals surface area contributed by atoms with Gasteiger partial charge < -0.3 is 14.4 Å². The Labute approximate surface area is 146 Å². The van der Waals surface area contributed by atoms with Crippen molar-refractivity contribution in [3.8, 4) is 6.07 Å². The Kier molecular flexibility index (Phi) is 4.09. The fourth-order valence-corrected chi connectivity index (χ4v) is 3.02. The van der Waals surface area contributed by atoms with Crippen LogP contribution in [-0.4, -0.2) is 25.7 Å². The Bertz CT molecular complexity index is 854. The Morgan fingerprint density at radius 1 is 1.04 bits per heavy atom. The van der Waals surface area contributed by atoms with Gasteiger partial charge in [0, 0.05) is 5.69 Å². The van der Waals surface area contributed by atoms with Crippen LogP contribution in [0.2, 0.25) is 0 Å². The monoisotopic (exact) mass is 331 g/mol. The van der Waals surface area contributed by atoms with Crippen LogP contribution in [0.15, 0.2) is 77.1 Å². The fraction of sp³-hybridized carbons (Fsp3) is 0.200. The van der Waals surface area contributed by atoms with Gasteiger partial charge in [0.05, 0.1) is 6.54 Å². The number of hydrogen-bond acceptors (Lipinski definition) is 5. The maximum absolute atomic E-state index is 9.69. The van der Waals surface area contributed by atoms with Crippen molar-refractivity contribution < 1.29 is 9.47 Å². The molecule has 2 aliphatic heterocycles. The van der Waals surface area contributed by atoms with Crippen LogP contribution >= 0.6 is 0 Å². The van der Waals surface area contributed by atoms with Gasteiger partial charge in [-0.15, -0.1) is 0 Å². The van der Waals surface area contributed by atoms with Crippen LogP contribution in [0.4, 0.5) is 5.69 Å². The van der Waals surface area contributed by atoms with Gasteiger partial charge in [-0.3, -0.25) is 0 Å². The summed E-state index contributed by atoms with van der Waals surface area (Å²) >= 11 is 0. The lowest BCUT2D eigenvalue weighted by atomic mass is 10.1. The molecule has 4 rings (SSSR count). The number of ether oxygens (including phenoxy) is 2. The molecule has 2 aromatic carbocycles. The first-order valence-electron chi connectivity index (χ1n) is 8.22. The molecule has 2 aliphatic rings. The first-order valence-corrected chi connectivity index (χ1v) is 8.22. The molecule has 0 bridgehead atoms. The van der Waals surface area contributed by atoms with Crippen molar-refractivity contribution in [2.45, 2.75) is 6.04 Å². The van der Waals surface area contributed by atoms with Gasteiger partial charge >= 0.3 is 0 Å². The molecule has 25 heavy (non-hydrogen) atoms. The lowest BCUT2D eigenvalue weighted by Gasteiger charge is -2.18. The Balaban J connectivity index is 1.68. The molecule has 2 aromatic rings. The van der Waals surface area contributed by atoms with E-state index in [1.807, 2.05) is 65.6 Å². The lowest BCUT2D eigenvalue weighted by molar-refractivity contribution is 0.264. The summed E-state index contributed by atoms with van der Waals surface area (Å²) in [5.74, 6) is 0.871. The van der Waals surface area contributed by atoms with Crippen LogP contribution < -0.4 is 4.90 Å². The lowest BCUT2D eigenvalue weighted by Crippen LogP contribution is -2.20. The highest BCUT2D eigenvalue weighted by Gasteiger charge is 2.31. The number of nitriles is 1.